The van der Waals surface area contributed by atoms with Gasteiger partial charge in [0.25, 0.3) is 5.91 Å². The van der Waals surface area contributed by atoms with Crippen LogP contribution < -0.4 is 16.0 Å². The molecular weight excluding hydrogens is 474 g/mol. The van der Waals surface area contributed by atoms with Crippen molar-refractivity contribution in [1.82, 2.24) is 9.80 Å². The van der Waals surface area contributed by atoms with Crippen LogP contribution in [0.3, 0.4) is 0 Å². The first-order valence-corrected chi connectivity index (χ1v) is 12.6. The summed E-state index contributed by atoms with van der Waals surface area (Å²) in [5.74, 6) is -0.185. The highest BCUT2D eigenvalue weighted by atomic mass is 35.5. The fourth-order valence-corrected chi connectivity index (χ4v) is 4.37. The number of nitrogens with one attached hydrogen (secondary N) is 3. The van der Waals surface area contributed by atoms with Crippen molar-refractivity contribution in [2.45, 2.75) is 19.4 Å². The number of carbonyl (C=O) groups is 2. The second kappa shape index (κ2) is 12.4. The van der Waals surface area contributed by atoms with Gasteiger partial charge in [0.2, 0.25) is 0 Å². The topological polar surface area (TPSA) is 76.7 Å². The molecule has 4 rings (SSSR count). The Morgan fingerprint density at radius 1 is 0.889 bits per heavy atom. The quantitative estimate of drug-likeness (QED) is 0.345. The monoisotopic (exact) mass is 505 g/mol. The first-order chi connectivity index (χ1) is 17.5. The molecule has 3 aromatic rings. The molecule has 0 unspecified atom stereocenters. The third-order valence-corrected chi connectivity index (χ3v) is 6.55. The van der Waals surface area contributed by atoms with Gasteiger partial charge in [0.05, 0.1) is 11.4 Å². The van der Waals surface area contributed by atoms with E-state index in [1.54, 1.807) is 36.4 Å². The van der Waals surface area contributed by atoms with Gasteiger partial charge in [0.1, 0.15) is 0 Å². The molecule has 1 aliphatic heterocycles. The number of para-hydroxylation sites is 2. The number of nitrogens with zero attached hydrogens (tertiary/aromatic N) is 2. The van der Waals surface area contributed by atoms with Gasteiger partial charge in [0, 0.05) is 43.0 Å². The smallest absolute Gasteiger partial charge is 0.322 e. The van der Waals surface area contributed by atoms with Crippen molar-refractivity contribution >= 4 is 40.6 Å². The SMILES string of the molecule is CNc1ccccc1NC(=O)c1ccc(CN(CCN2CCCC2)C(=O)Nc2ccc(Cl)cc2)cc1. The van der Waals surface area contributed by atoms with Crippen LogP contribution in [-0.4, -0.2) is 55.0 Å². The van der Waals surface area contributed by atoms with E-state index in [4.69, 9.17) is 11.6 Å². The molecule has 0 saturated carbocycles. The molecule has 188 valence electrons. The first-order valence-electron chi connectivity index (χ1n) is 12.2. The molecule has 1 saturated heterocycles. The van der Waals surface area contributed by atoms with Crippen LogP contribution in [0.2, 0.25) is 5.02 Å². The molecule has 0 aromatic heterocycles. The predicted octanol–water partition coefficient (Wildman–Crippen LogP) is 5.76. The van der Waals surface area contributed by atoms with E-state index >= 15 is 0 Å². The summed E-state index contributed by atoms with van der Waals surface area (Å²) in [5, 5.41) is 9.62. The molecule has 1 aliphatic rings. The van der Waals surface area contributed by atoms with Crippen LogP contribution in [0, 0.1) is 0 Å². The maximum absolute atomic E-state index is 13.1. The maximum atomic E-state index is 13.1. The van der Waals surface area contributed by atoms with Crippen LogP contribution in [-0.2, 0) is 6.54 Å². The molecule has 36 heavy (non-hydrogen) atoms. The van der Waals surface area contributed by atoms with E-state index in [2.05, 4.69) is 20.9 Å². The van der Waals surface area contributed by atoms with Crippen LogP contribution in [0.15, 0.2) is 72.8 Å². The summed E-state index contributed by atoms with van der Waals surface area (Å²) < 4.78 is 0. The molecule has 1 heterocycles. The fourth-order valence-electron chi connectivity index (χ4n) is 4.24. The summed E-state index contributed by atoms with van der Waals surface area (Å²) in [4.78, 5) is 30.1. The first kappa shape index (κ1) is 25.5. The van der Waals surface area contributed by atoms with Crippen molar-refractivity contribution in [2.24, 2.45) is 0 Å². The number of urea groups is 1. The lowest BCUT2D eigenvalue weighted by Crippen LogP contribution is -2.40. The van der Waals surface area contributed by atoms with Gasteiger partial charge < -0.3 is 25.8 Å². The summed E-state index contributed by atoms with van der Waals surface area (Å²) in [7, 11) is 1.82. The van der Waals surface area contributed by atoms with E-state index in [-0.39, 0.29) is 11.9 Å². The molecule has 0 spiro atoms. The highest BCUT2D eigenvalue weighted by Gasteiger charge is 2.18. The summed E-state index contributed by atoms with van der Waals surface area (Å²) in [6.07, 6.45) is 2.42. The minimum atomic E-state index is -0.185. The molecule has 8 heteroatoms. The lowest BCUT2D eigenvalue weighted by Gasteiger charge is -2.26. The number of anilines is 3. The minimum Gasteiger partial charge on any atom is -0.386 e. The molecule has 0 aliphatic carbocycles. The Kier molecular flexibility index (Phi) is 8.81. The molecule has 0 bridgehead atoms. The van der Waals surface area contributed by atoms with Gasteiger partial charge in [-0.05, 0) is 80.0 Å². The molecule has 0 atom stereocenters. The van der Waals surface area contributed by atoms with Gasteiger partial charge in [0.15, 0.2) is 0 Å². The molecular formula is C28H32ClN5O2. The second-order valence-electron chi connectivity index (χ2n) is 8.85. The number of hydrogen-bond acceptors (Lipinski definition) is 4. The van der Waals surface area contributed by atoms with Crippen molar-refractivity contribution in [3.8, 4) is 0 Å². The van der Waals surface area contributed by atoms with E-state index in [0.717, 1.165) is 36.6 Å². The predicted molar refractivity (Wildman–Crippen MR) is 147 cm³/mol. The average Bonchev–Trinajstić information content (AvgIpc) is 3.42. The van der Waals surface area contributed by atoms with E-state index in [1.165, 1.54) is 12.8 Å². The zero-order valence-electron chi connectivity index (χ0n) is 20.5. The third-order valence-electron chi connectivity index (χ3n) is 6.30. The van der Waals surface area contributed by atoms with Crippen LogP contribution in [0.25, 0.3) is 0 Å². The lowest BCUT2D eigenvalue weighted by molar-refractivity contribution is 0.102. The van der Waals surface area contributed by atoms with Crippen molar-refractivity contribution in [2.75, 3.05) is 49.2 Å². The fraction of sp³-hybridized carbons (Fsp3) is 0.286. The van der Waals surface area contributed by atoms with Crippen LogP contribution in [0.5, 0.6) is 0 Å². The highest BCUT2D eigenvalue weighted by Crippen LogP contribution is 2.21. The Bertz CT molecular complexity index is 1160. The van der Waals surface area contributed by atoms with Crippen molar-refractivity contribution in [3.05, 3.63) is 88.9 Å². The van der Waals surface area contributed by atoms with Gasteiger partial charge in [-0.25, -0.2) is 4.79 Å². The van der Waals surface area contributed by atoms with Gasteiger partial charge in [-0.2, -0.15) is 0 Å². The van der Waals surface area contributed by atoms with E-state index in [1.807, 2.05) is 48.3 Å². The normalized spacial score (nSPS) is 13.3. The van der Waals surface area contributed by atoms with Crippen LogP contribution >= 0.6 is 11.6 Å². The molecule has 3 N–H and O–H groups in total. The number of carbonyl (C=O) groups excluding carboxylic acids is 2. The molecule has 1 fully saturated rings. The highest BCUT2D eigenvalue weighted by molar-refractivity contribution is 6.30. The minimum absolute atomic E-state index is 0.165. The zero-order chi connectivity index (χ0) is 25.3. The van der Waals surface area contributed by atoms with E-state index < -0.39 is 0 Å². The van der Waals surface area contributed by atoms with Gasteiger partial charge in [-0.1, -0.05) is 35.9 Å². The van der Waals surface area contributed by atoms with Crippen molar-refractivity contribution in [1.29, 1.82) is 0 Å². The van der Waals surface area contributed by atoms with Gasteiger partial charge in [-0.15, -0.1) is 0 Å². The Labute approximate surface area is 217 Å². The number of halogens is 1. The second-order valence-corrected chi connectivity index (χ2v) is 9.29. The molecule has 3 aromatic carbocycles. The number of amides is 3. The Balaban J connectivity index is 1.42. The summed E-state index contributed by atoms with van der Waals surface area (Å²) >= 11 is 5.98. The number of likely N-dealkylation sites (tertiary alicyclic amines) is 1. The molecule has 0 radical (unpaired) electrons. The summed E-state index contributed by atoms with van der Waals surface area (Å²) in [6.45, 7) is 4.04. The lowest BCUT2D eigenvalue weighted by atomic mass is 10.1. The number of hydrogen-bond donors (Lipinski definition) is 3. The standard InChI is InChI=1S/C28H32ClN5O2/c1-30-25-6-2-3-7-26(25)32-27(35)22-10-8-21(9-11-22)20-34(19-18-33-16-4-5-17-33)28(36)31-24-14-12-23(29)13-15-24/h2-3,6-15,30H,4-5,16-20H2,1H3,(H,31,36)(H,32,35). The van der Waals surface area contributed by atoms with Gasteiger partial charge >= 0.3 is 6.03 Å². The largest absolute Gasteiger partial charge is 0.386 e. The number of benzene rings is 3. The van der Waals surface area contributed by atoms with Crippen molar-refractivity contribution in [3.63, 3.8) is 0 Å². The van der Waals surface area contributed by atoms with Crippen LogP contribution in [0.1, 0.15) is 28.8 Å². The van der Waals surface area contributed by atoms with E-state index in [9.17, 15) is 9.59 Å². The Morgan fingerprint density at radius 2 is 1.56 bits per heavy atom. The summed E-state index contributed by atoms with van der Waals surface area (Å²) in [5.41, 5.74) is 3.78. The Hall–Kier alpha value is -3.55. The molecule has 7 nitrogen and oxygen atoms in total. The van der Waals surface area contributed by atoms with E-state index in [0.29, 0.717) is 29.4 Å². The summed E-state index contributed by atoms with van der Waals surface area (Å²) in [6, 6.07) is 21.9. The Morgan fingerprint density at radius 3 is 2.22 bits per heavy atom. The molecule has 3 amide bonds. The zero-order valence-corrected chi connectivity index (χ0v) is 21.2. The average molecular weight is 506 g/mol. The third kappa shape index (κ3) is 6.99. The maximum Gasteiger partial charge on any atom is 0.322 e. The number of rotatable bonds is 9. The van der Waals surface area contributed by atoms with Crippen molar-refractivity contribution < 1.29 is 9.59 Å². The van der Waals surface area contributed by atoms with Crippen LogP contribution in [0.4, 0.5) is 21.9 Å². The van der Waals surface area contributed by atoms with Gasteiger partial charge in [-0.3, -0.25) is 4.79 Å².